The van der Waals surface area contributed by atoms with Gasteiger partial charge in [-0.05, 0) is 60.2 Å². The maximum Gasteiger partial charge on any atom is 0.346 e. The molecule has 8 heteroatoms. The fourth-order valence-corrected chi connectivity index (χ4v) is 2.68. The number of ether oxygens (including phenoxy) is 3. The number of benzene rings is 3. The zero-order valence-corrected chi connectivity index (χ0v) is 15.5. The molecule has 0 spiro atoms. The molecule has 0 aliphatic carbocycles. The molecule has 0 atom stereocenters. The number of nitrogens with zero attached hydrogens (tertiary/aromatic N) is 1. The van der Waals surface area contributed by atoms with E-state index in [0.717, 1.165) is 0 Å². The summed E-state index contributed by atoms with van der Waals surface area (Å²) in [5, 5.41) is 3.91. The second-order valence-electron chi connectivity index (χ2n) is 6.21. The average molecular weight is 406 g/mol. The van der Waals surface area contributed by atoms with E-state index in [1.165, 1.54) is 24.4 Å². The standard InChI is InChI=1S/C22H15FN2O5/c23-18-4-2-1-3-17(18)22(27)30-16-8-5-14(6-9-16)12-24-25-21(26)15-7-10-19-20(11-15)29-13-28-19/h1-12H,13H2,(H,25,26)/b24-12+. The number of fused-ring (bicyclic) bond motifs is 1. The lowest BCUT2D eigenvalue weighted by molar-refractivity contribution is 0.0729. The Morgan fingerprint density at radius 2 is 1.77 bits per heavy atom. The van der Waals surface area contributed by atoms with Crippen molar-refractivity contribution in [1.29, 1.82) is 0 Å². The Balaban J connectivity index is 1.34. The first-order valence-corrected chi connectivity index (χ1v) is 8.90. The van der Waals surface area contributed by atoms with Crippen LogP contribution < -0.4 is 19.6 Å². The second kappa shape index (κ2) is 8.44. The number of carbonyl (C=O) groups is 2. The molecular formula is C22H15FN2O5. The van der Waals surface area contributed by atoms with E-state index in [0.29, 0.717) is 22.6 Å². The lowest BCUT2D eigenvalue weighted by Gasteiger charge is -2.05. The van der Waals surface area contributed by atoms with Gasteiger partial charge < -0.3 is 14.2 Å². The highest BCUT2D eigenvalue weighted by Gasteiger charge is 2.16. The van der Waals surface area contributed by atoms with Crippen molar-refractivity contribution in [3.8, 4) is 17.2 Å². The maximum atomic E-state index is 13.6. The van der Waals surface area contributed by atoms with Crippen molar-refractivity contribution in [3.05, 3.63) is 89.2 Å². The minimum absolute atomic E-state index is 0.129. The lowest BCUT2D eigenvalue weighted by atomic mass is 10.2. The van der Waals surface area contributed by atoms with Gasteiger partial charge in [-0.15, -0.1) is 0 Å². The SMILES string of the molecule is O=C(N/N=C/c1ccc(OC(=O)c2ccccc2F)cc1)c1ccc2c(c1)OCO2. The Hall–Kier alpha value is -4.20. The Morgan fingerprint density at radius 1 is 1.00 bits per heavy atom. The molecule has 1 N–H and O–H groups in total. The van der Waals surface area contributed by atoms with Crippen LogP contribution in [0.5, 0.6) is 17.2 Å². The molecule has 150 valence electrons. The van der Waals surface area contributed by atoms with E-state index >= 15 is 0 Å². The topological polar surface area (TPSA) is 86.2 Å². The molecule has 4 rings (SSSR count). The lowest BCUT2D eigenvalue weighted by Crippen LogP contribution is -2.17. The Kier molecular flexibility index (Phi) is 5.38. The maximum absolute atomic E-state index is 13.6. The number of carbonyl (C=O) groups excluding carboxylic acids is 2. The van der Waals surface area contributed by atoms with E-state index < -0.39 is 17.7 Å². The van der Waals surface area contributed by atoms with Gasteiger partial charge in [-0.2, -0.15) is 5.10 Å². The molecule has 30 heavy (non-hydrogen) atoms. The third kappa shape index (κ3) is 4.27. The summed E-state index contributed by atoms with van der Waals surface area (Å²) in [6.45, 7) is 0.129. The molecule has 0 saturated carbocycles. The van der Waals surface area contributed by atoms with Gasteiger partial charge in [-0.3, -0.25) is 4.79 Å². The van der Waals surface area contributed by atoms with E-state index in [9.17, 15) is 14.0 Å². The summed E-state index contributed by atoms with van der Waals surface area (Å²) in [4.78, 5) is 24.2. The predicted molar refractivity (Wildman–Crippen MR) is 105 cm³/mol. The normalized spacial score (nSPS) is 12.0. The quantitative estimate of drug-likeness (QED) is 0.303. The van der Waals surface area contributed by atoms with Crippen molar-refractivity contribution in [2.75, 3.05) is 6.79 Å². The van der Waals surface area contributed by atoms with Crippen molar-refractivity contribution in [1.82, 2.24) is 5.43 Å². The number of rotatable bonds is 5. The van der Waals surface area contributed by atoms with Crippen LogP contribution in [-0.4, -0.2) is 24.9 Å². The molecular weight excluding hydrogens is 391 g/mol. The molecule has 0 bridgehead atoms. The highest BCUT2D eigenvalue weighted by molar-refractivity contribution is 5.95. The van der Waals surface area contributed by atoms with Crippen LogP contribution in [0.4, 0.5) is 4.39 Å². The molecule has 1 aliphatic heterocycles. The first kappa shape index (κ1) is 19.1. The zero-order chi connectivity index (χ0) is 20.9. The van der Waals surface area contributed by atoms with Gasteiger partial charge >= 0.3 is 5.97 Å². The van der Waals surface area contributed by atoms with Crippen molar-refractivity contribution in [2.24, 2.45) is 5.10 Å². The van der Waals surface area contributed by atoms with Gasteiger partial charge in [-0.1, -0.05) is 12.1 Å². The molecule has 0 unspecified atom stereocenters. The molecule has 0 radical (unpaired) electrons. The van der Waals surface area contributed by atoms with Crippen LogP contribution in [0.25, 0.3) is 0 Å². The summed E-state index contributed by atoms with van der Waals surface area (Å²) in [5.74, 6) is -0.488. The van der Waals surface area contributed by atoms with Crippen LogP contribution in [0, 0.1) is 5.82 Å². The number of amides is 1. The summed E-state index contributed by atoms with van der Waals surface area (Å²) in [6.07, 6.45) is 1.44. The van der Waals surface area contributed by atoms with Crippen LogP contribution >= 0.6 is 0 Å². The smallest absolute Gasteiger partial charge is 0.346 e. The molecule has 3 aromatic carbocycles. The largest absolute Gasteiger partial charge is 0.454 e. The van der Waals surface area contributed by atoms with Gasteiger partial charge in [0.2, 0.25) is 6.79 Å². The first-order chi connectivity index (χ1) is 14.6. The highest BCUT2D eigenvalue weighted by Crippen LogP contribution is 2.32. The minimum Gasteiger partial charge on any atom is -0.454 e. The molecule has 1 heterocycles. The average Bonchev–Trinajstić information content (AvgIpc) is 3.23. The van der Waals surface area contributed by atoms with Crippen molar-refractivity contribution >= 4 is 18.1 Å². The van der Waals surface area contributed by atoms with E-state index in [-0.39, 0.29) is 18.1 Å². The number of hydrazone groups is 1. The van der Waals surface area contributed by atoms with E-state index in [1.54, 1.807) is 48.5 Å². The molecule has 0 saturated heterocycles. The van der Waals surface area contributed by atoms with Crippen molar-refractivity contribution in [2.45, 2.75) is 0 Å². The number of esters is 1. The minimum atomic E-state index is -0.787. The number of halogens is 1. The Morgan fingerprint density at radius 3 is 2.57 bits per heavy atom. The molecule has 0 aromatic heterocycles. The third-order valence-electron chi connectivity index (χ3n) is 4.20. The van der Waals surface area contributed by atoms with Crippen LogP contribution in [0.15, 0.2) is 71.8 Å². The number of hydrogen-bond acceptors (Lipinski definition) is 6. The molecule has 1 aliphatic rings. The molecule has 0 fully saturated rings. The summed E-state index contributed by atoms with van der Waals surface area (Å²) in [6, 6.07) is 16.8. The monoisotopic (exact) mass is 406 g/mol. The summed E-state index contributed by atoms with van der Waals surface area (Å²) >= 11 is 0. The van der Waals surface area contributed by atoms with Gasteiger partial charge in [0.1, 0.15) is 11.6 Å². The number of hydrogen-bond donors (Lipinski definition) is 1. The fourth-order valence-electron chi connectivity index (χ4n) is 2.68. The summed E-state index contributed by atoms with van der Waals surface area (Å²) in [5.41, 5.74) is 3.32. The van der Waals surface area contributed by atoms with Gasteiger partial charge in [0.15, 0.2) is 11.5 Å². The van der Waals surface area contributed by atoms with E-state index in [4.69, 9.17) is 14.2 Å². The molecule has 3 aromatic rings. The van der Waals surface area contributed by atoms with Crippen LogP contribution in [0.3, 0.4) is 0 Å². The van der Waals surface area contributed by atoms with Gasteiger partial charge in [-0.25, -0.2) is 14.6 Å². The van der Waals surface area contributed by atoms with Crippen LogP contribution in [-0.2, 0) is 0 Å². The van der Waals surface area contributed by atoms with Gasteiger partial charge in [0, 0.05) is 5.56 Å². The van der Waals surface area contributed by atoms with E-state index in [1.807, 2.05) is 0 Å². The predicted octanol–water partition coefficient (Wildman–Crippen LogP) is 3.54. The zero-order valence-electron chi connectivity index (χ0n) is 15.5. The van der Waals surface area contributed by atoms with Crippen molar-refractivity contribution < 1.29 is 28.2 Å². The van der Waals surface area contributed by atoms with E-state index in [2.05, 4.69) is 10.5 Å². The third-order valence-corrected chi connectivity index (χ3v) is 4.20. The van der Waals surface area contributed by atoms with Gasteiger partial charge in [0.25, 0.3) is 5.91 Å². The number of nitrogens with one attached hydrogen (secondary N) is 1. The van der Waals surface area contributed by atoms with Crippen molar-refractivity contribution in [3.63, 3.8) is 0 Å². The Bertz CT molecular complexity index is 1130. The molecule has 1 amide bonds. The second-order valence-corrected chi connectivity index (χ2v) is 6.21. The summed E-state index contributed by atoms with van der Waals surface area (Å²) < 4.78 is 29.2. The molecule has 7 nitrogen and oxygen atoms in total. The summed E-state index contributed by atoms with van der Waals surface area (Å²) in [7, 11) is 0. The first-order valence-electron chi connectivity index (χ1n) is 8.90. The highest BCUT2D eigenvalue weighted by atomic mass is 19.1. The van der Waals surface area contributed by atoms with Crippen LogP contribution in [0.2, 0.25) is 0 Å². The fraction of sp³-hybridized carbons (Fsp3) is 0.0455. The van der Waals surface area contributed by atoms with Gasteiger partial charge in [0.05, 0.1) is 11.8 Å². The van der Waals surface area contributed by atoms with Crippen LogP contribution in [0.1, 0.15) is 26.3 Å². The Labute approximate surface area is 170 Å².